The van der Waals surface area contributed by atoms with E-state index in [4.69, 9.17) is 0 Å². The molecule has 2 aromatic carbocycles. The number of pyridine rings is 1. The molecule has 0 aliphatic carbocycles. The van der Waals surface area contributed by atoms with Crippen LogP contribution < -0.4 is 9.21 Å². The summed E-state index contributed by atoms with van der Waals surface area (Å²) in [6.07, 6.45) is 2.41. The molecule has 0 saturated carbocycles. The van der Waals surface area contributed by atoms with Crippen molar-refractivity contribution in [2.75, 3.05) is 29.3 Å². The summed E-state index contributed by atoms with van der Waals surface area (Å²) in [5.41, 5.74) is 3.56. The molecule has 140 valence electrons. The molecule has 0 unspecified atom stereocenters. The van der Waals surface area contributed by atoms with Crippen LogP contribution in [-0.4, -0.2) is 33.5 Å². The van der Waals surface area contributed by atoms with Crippen LogP contribution in [0.2, 0.25) is 0 Å². The first kappa shape index (κ1) is 17.8. The Labute approximate surface area is 160 Å². The summed E-state index contributed by atoms with van der Waals surface area (Å²) < 4.78 is 27.1. The molecule has 0 atom stereocenters. The fourth-order valence-electron chi connectivity index (χ4n) is 3.63. The molecule has 5 nitrogen and oxygen atoms in total. The van der Waals surface area contributed by atoms with Gasteiger partial charge in [-0.3, -0.25) is 9.29 Å². The van der Waals surface area contributed by atoms with Crippen LogP contribution in [0.1, 0.15) is 18.5 Å². The lowest BCUT2D eigenvalue weighted by atomic mass is 10.1. The minimum Gasteiger partial charge on any atom is -0.371 e. The van der Waals surface area contributed by atoms with Crippen LogP contribution in [0, 0.1) is 6.92 Å². The van der Waals surface area contributed by atoms with E-state index < -0.39 is 10.0 Å². The van der Waals surface area contributed by atoms with Crippen molar-refractivity contribution in [1.82, 2.24) is 4.98 Å². The van der Waals surface area contributed by atoms with Crippen LogP contribution in [0.4, 0.5) is 11.4 Å². The maximum atomic E-state index is 12.9. The Morgan fingerprint density at radius 2 is 1.70 bits per heavy atom. The van der Waals surface area contributed by atoms with E-state index in [1.54, 1.807) is 31.3 Å². The van der Waals surface area contributed by atoms with Crippen LogP contribution in [0.3, 0.4) is 0 Å². The zero-order valence-electron chi connectivity index (χ0n) is 15.6. The van der Waals surface area contributed by atoms with Gasteiger partial charge in [0.1, 0.15) is 0 Å². The Balaban J connectivity index is 1.77. The molecule has 0 radical (unpaired) electrons. The molecule has 3 aromatic rings. The quantitative estimate of drug-likeness (QED) is 0.686. The molecule has 6 heteroatoms. The van der Waals surface area contributed by atoms with Gasteiger partial charge in [0, 0.05) is 36.9 Å². The van der Waals surface area contributed by atoms with E-state index in [1.165, 1.54) is 22.8 Å². The van der Waals surface area contributed by atoms with Gasteiger partial charge in [0.2, 0.25) is 0 Å². The average Bonchev–Trinajstić information content (AvgIpc) is 3.21. The first-order chi connectivity index (χ1) is 13.0. The van der Waals surface area contributed by atoms with E-state index in [0.29, 0.717) is 5.69 Å². The Kier molecular flexibility index (Phi) is 4.52. The smallest absolute Gasteiger partial charge is 0.264 e. The number of anilines is 2. The minimum atomic E-state index is -3.60. The summed E-state index contributed by atoms with van der Waals surface area (Å²) in [6, 6.07) is 16.3. The van der Waals surface area contributed by atoms with Crippen LogP contribution in [0.15, 0.2) is 59.5 Å². The second-order valence-corrected chi connectivity index (χ2v) is 8.93. The van der Waals surface area contributed by atoms with Gasteiger partial charge in [0.25, 0.3) is 10.0 Å². The van der Waals surface area contributed by atoms with Gasteiger partial charge < -0.3 is 4.90 Å². The van der Waals surface area contributed by atoms with E-state index in [2.05, 4.69) is 16.0 Å². The minimum absolute atomic E-state index is 0.280. The molecule has 0 amide bonds. The first-order valence-corrected chi connectivity index (χ1v) is 10.6. The van der Waals surface area contributed by atoms with Crippen molar-refractivity contribution in [3.8, 4) is 0 Å². The number of fused-ring (bicyclic) bond motifs is 1. The van der Waals surface area contributed by atoms with Crippen molar-refractivity contribution >= 4 is 32.3 Å². The molecule has 4 rings (SSSR count). The Bertz CT molecular complexity index is 1080. The summed E-state index contributed by atoms with van der Waals surface area (Å²) in [5.74, 6) is 0. The molecular weight excluding hydrogens is 358 g/mol. The van der Waals surface area contributed by atoms with E-state index >= 15 is 0 Å². The summed E-state index contributed by atoms with van der Waals surface area (Å²) >= 11 is 0. The van der Waals surface area contributed by atoms with Gasteiger partial charge >= 0.3 is 0 Å². The molecule has 2 heterocycles. The number of rotatable bonds is 4. The van der Waals surface area contributed by atoms with Crippen molar-refractivity contribution in [3.63, 3.8) is 0 Å². The third-order valence-electron chi connectivity index (χ3n) is 5.11. The van der Waals surface area contributed by atoms with Gasteiger partial charge in [0.15, 0.2) is 0 Å². The molecular formula is C21H23N3O2S. The topological polar surface area (TPSA) is 53.5 Å². The lowest BCUT2D eigenvalue weighted by molar-refractivity contribution is 0.594. The SMILES string of the molecule is Cc1cc(N2CCCC2)c2ccc(N(C)S(=O)(=O)c3ccccc3)cc2n1. The number of hydrogen-bond acceptors (Lipinski definition) is 4. The zero-order valence-corrected chi connectivity index (χ0v) is 16.4. The molecule has 1 aromatic heterocycles. The summed E-state index contributed by atoms with van der Waals surface area (Å²) in [4.78, 5) is 7.33. The highest BCUT2D eigenvalue weighted by molar-refractivity contribution is 7.92. The largest absolute Gasteiger partial charge is 0.371 e. The third-order valence-corrected chi connectivity index (χ3v) is 6.91. The zero-order chi connectivity index (χ0) is 19.0. The number of aromatic nitrogens is 1. The van der Waals surface area contributed by atoms with Crippen LogP contribution >= 0.6 is 0 Å². The van der Waals surface area contributed by atoms with Crippen LogP contribution in [0.5, 0.6) is 0 Å². The van der Waals surface area contributed by atoms with Crippen molar-refractivity contribution in [2.24, 2.45) is 0 Å². The van der Waals surface area contributed by atoms with Crippen molar-refractivity contribution < 1.29 is 8.42 Å². The number of nitrogens with zero attached hydrogens (tertiary/aromatic N) is 3. The second-order valence-electron chi connectivity index (χ2n) is 6.96. The first-order valence-electron chi connectivity index (χ1n) is 9.17. The highest BCUT2D eigenvalue weighted by atomic mass is 32.2. The molecule has 27 heavy (non-hydrogen) atoms. The molecule has 1 fully saturated rings. The number of hydrogen-bond donors (Lipinski definition) is 0. The van der Waals surface area contributed by atoms with E-state index in [1.807, 2.05) is 31.2 Å². The highest BCUT2D eigenvalue weighted by Gasteiger charge is 2.22. The predicted molar refractivity (Wildman–Crippen MR) is 110 cm³/mol. The fourth-order valence-corrected chi connectivity index (χ4v) is 4.84. The molecule has 0 spiro atoms. The molecule has 0 N–H and O–H groups in total. The average molecular weight is 382 g/mol. The summed E-state index contributed by atoms with van der Waals surface area (Å²) in [7, 11) is -2.02. The lowest BCUT2D eigenvalue weighted by Gasteiger charge is -2.22. The Morgan fingerprint density at radius 3 is 2.41 bits per heavy atom. The van der Waals surface area contributed by atoms with Crippen LogP contribution in [-0.2, 0) is 10.0 Å². The molecule has 1 aliphatic rings. The van der Waals surface area contributed by atoms with Gasteiger partial charge in [-0.2, -0.15) is 0 Å². The van der Waals surface area contributed by atoms with Gasteiger partial charge in [-0.05, 0) is 56.2 Å². The van der Waals surface area contributed by atoms with Crippen molar-refractivity contribution in [2.45, 2.75) is 24.7 Å². The van der Waals surface area contributed by atoms with E-state index in [9.17, 15) is 8.42 Å². The summed E-state index contributed by atoms with van der Waals surface area (Å²) in [5, 5.41) is 1.07. The van der Waals surface area contributed by atoms with Gasteiger partial charge in [-0.15, -0.1) is 0 Å². The standard InChI is InChI=1S/C21H23N3O2S/c1-16-14-21(24-12-6-7-13-24)19-11-10-17(15-20(19)22-16)23(2)27(25,26)18-8-4-3-5-9-18/h3-5,8-11,14-15H,6-7,12-13H2,1-2H3. The highest BCUT2D eigenvalue weighted by Crippen LogP contribution is 2.32. The predicted octanol–water partition coefficient (Wildman–Crippen LogP) is 3.97. The van der Waals surface area contributed by atoms with Crippen LogP contribution in [0.25, 0.3) is 10.9 Å². The lowest BCUT2D eigenvalue weighted by Crippen LogP contribution is -2.26. The Hall–Kier alpha value is -2.60. The maximum Gasteiger partial charge on any atom is 0.264 e. The third kappa shape index (κ3) is 3.25. The normalized spacial score (nSPS) is 14.7. The van der Waals surface area contributed by atoms with E-state index in [-0.39, 0.29) is 4.90 Å². The molecule has 1 saturated heterocycles. The number of aryl methyl sites for hydroxylation is 1. The second kappa shape index (κ2) is 6.85. The monoisotopic (exact) mass is 381 g/mol. The number of benzene rings is 2. The van der Waals surface area contributed by atoms with Crippen molar-refractivity contribution in [1.29, 1.82) is 0 Å². The van der Waals surface area contributed by atoms with Gasteiger partial charge in [0.05, 0.1) is 16.1 Å². The maximum absolute atomic E-state index is 12.9. The van der Waals surface area contributed by atoms with E-state index in [0.717, 1.165) is 29.7 Å². The molecule has 0 bridgehead atoms. The summed E-state index contributed by atoms with van der Waals surface area (Å²) in [6.45, 7) is 4.10. The van der Waals surface area contributed by atoms with Gasteiger partial charge in [-0.25, -0.2) is 8.42 Å². The fraction of sp³-hybridized carbons (Fsp3) is 0.286. The Morgan fingerprint density at radius 1 is 1.00 bits per heavy atom. The van der Waals surface area contributed by atoms with Crippen molar-refractivity contribution in [3.05, 3.63) is 60.3 Å². The van der Waals surface area contributed by atoms with Gasteiger partial charge in [-0.1, -0.05) is 18.2 Å². The molecule has 1 aliphatic heterocycles. The number of sulfonamides is 1.